The minimum Gasteiger partial charge on any atom is -0.393 e. The first-order valence-corrected chi connectivity index (χ1v) is 8.10. The van der Waals surface area contributed by atoms with Crippen molar-refractivity contribution >= 4 is 0 Å². The summed E-state index contributed by atoms with van der Waals surface area (Å²) in [5.41, 5.74) is 0.888. The Bertz CT molecular complexity index is 303. The maximum Gasteiger partial charge on any atom is 0.0555 e. The standard InChI is InChI=1S/C17H33NO/c1-16(2,3)14-8-7-13(19)11-15(14)18(5)12-17(4)9-6-10-17/h13-15,19H,6-12H2,1-5H3. The molecular weight excluding hydrogens is 234 g/mol. The lowest BCUT2D eigenvalue weighted by Crippen LogP contribution is -2.51. The summed E-state index contributed by atoms with van der Waals surface area (Å²) in [4.78, 5) is 2.57. The summed E-state index contributed by atoms with van der Waals surface area (Å²) >= 11 is 0. The summed E-state index contributed by atoms with van der Waals surface area (Å²) in [5, 5.41) is 10.1. The molecule has 2 aliphatic rings. The van der Waals surface area contributed by atoms with E-state index in [0.717, 1.165) is 12.8 Å². The third-order valence-corrected chi connectivity index (χ3v) is 5.66. The van der Waals surface area contributed by atoms with Crippen LogP contribution in [0.3, 0.4) is 0 Å². The van der Waals surface area contributed by atoms with Crippen LogP contribution in [0.2, 0.25) is 0 Å². The number of hydrogen-bond donors (Lipinski definition) is 1. The van der Waals surface area contributed by atoms with Crippen LogP contribution in [-0.4, -0.2) is 35.7 Å². The average Bonchev–Trinajstić information content (AvgIpc) is 2.25. The van der Waals surface area contributed by atoms with Crippen LogP contribution in [0.15, 0.2) is 0 Å². The number of aliphatic hydroxyl groups is 1. The number of nitrogens with zero attached hydrogens (tertiary/aromatic N) is 1. The first kappa shape index (κ1) is 15.3. The molecule has 112 valence electrons. The molecule has 3 unspecified atom stereocenters. The van der Waals surface area contributed by atoms with E-state index in [1.54, 1.807) is 0 Å². The van der Waals surface area contributed by atoms with E-state index in [4.69, 9.17) is 0 Å². The van der Waals surface area contributed by atoms with E-state index in [-0.39, 0.29) is 6.10 Å². The van der Waals surface area contributed by atoms with Gasteiger partial charge in [0, 0.05) is 12.6 Å². The molecule has 2 fully saturated rings. The molecule has 0 aliphatic heterocycles. The van der Waals surface area contributed by atoms with Gasteiger partial charge in [-0.15, -0.1) is 0 Å². The quantitative estimate of drug-likeness (QED) is 0.843. The Hall–Kier alpha value is -0.0800. The summed E-state index contributed by atoms with van der Waals surface area (Å²) in [6, 6.07) is 0.557. The van der Waals surface area contributed by atoms with Crippen LogP contribution in [0.25, 0.3) is 0 Å². The van der Waals surface area contributed by atoms with Crippen LogP contribution in [-0.2, 0) is 0 Å². The summed E-state index contributed by atoms with van der Waals surface area (Å²) in [6.07, 6.45) is 7.22. The fourth-order valence-electron chi connectivity index (χ4n) is 4.28. The van der Waals surface area contributed by atoms with Gasteiger partial charge in [-0.25, -0.2) is 0 Å². The van der Waals surface area contributed by atoms with E-state index >= 15 is 0 Å². The van der Waals surface area contributed by atoms with Crippen molar-refractivity contribution in [3.63, 3.8) is 0 Å². The summed E-state index contributed by atoms with van der Waals surface area (Å²) in [5.74, 6) is 0.713. The van der Waals surface area contributed by atoms with Crippen LogP contribution < -0.4 is 0 Å². The fraction of sp³-hybridized carbons (Fsp3) is 1.00. The number of hydrogen-bond acceptors (Lipinski definition) is 2. The average molecular weight is 267 g/mol. The van der Waals surface area contributed by atoms with Crippen LogP contribution in [0.1, 0.15) is 66.2 Å². The molecule has 19 heavy (non-hydrogen) atoms. The zero-order valence-corrected chi connectivity index (χ0v) is 13.6. The second-order valence-corrected chi connectivity index (χ2v) is 8.59. The molecular formula is C17H33NO. The number of aliphatic hydroxyl groups excluding tert-OH is 1. The molecule has 2 heteroatoms. The highest BCUT2D eigenvalue weighted by Gasteiger charge is 2.41. The van der Waals surface area contributed by atoms with Crippen molar-refractivity contribution in [3.05, 3.63) is 0 Å². The fourth-order valence-corrected chi connectivity index (χ4v) is 4.28. The highest BCUT2D eigenvalue weighted by atomic mass is 16.3. The lowest BCUT2D eigenvalue weighted by Gasteiger charge is -2.49. The van der Waals surface area contributed by atoms with Crippen molar-refractivity contribution in [2.75, 3.05) is 13.6 Å². The molecule has 0 amide bonds. The van der Waals surface area contributed by atoms with Gasteiger partial charge in [0.05, 0.1) is 6.10 Å². The van der Waals surface area contributed by atoms with Crippen LogP contribution in [0, 0.1) is 16.7 Å². The lowest BCUT2D eigenvalue weighted by molar-refractivity contribution is -0.0252. The summed E-state index contributed by atoms with van der Waals surface area (Å²) in [7, 11) is 2.28. The SMILES string of the molecule is CN(CC1(C)CCC1)C1CC(O)CCC1C(C)(C)C. The molecule has 0 aromatic rings. The van der Waals surface area contributed by atoms with Gasteiger partial charge in [-0.3, -0.25) is 0 Å². The van der Waals surface area contributed by atoms with E-state index < -0.39 is 0 Å². The Balaban J connectivity index is 2.04. The number of rotatable bonds is 3. The Morgan fingerprint density at radius 3 is 2.32 bits per heavy atom. The van der Waals surface area contributed by atoms with Crippen LogP contribution >= 0.6 is 0 Å². The van der Waals surface area contributed by atoms with E-state index in [1.165, 1.54) is 32.2 Å². The van der Waals surface area contributed by atoms with Crippen LogP contribution in [0.4, 0.5) is 0 Å². The van der Waals surface area contributed by atoms with Gasteiger partial charge in [-0.1, -0.05) is 34.1 Å². The summed E-state index contributed by atoms with van der Waals surface area (Å²) < 4.78 is 0. The molecule has 2 saturated carbocycles. The molecule has 1 N–H and O–H groups in total. The van der Waals surface area contributed by atoms with Gasteiger partial charge in [-0.05, 0) is 55.9 Å². The van der Waals surface area contributed by atoms with Gasteiger partial charge in [0.15, 0.2) is 0 Å². The maximum absolute atomic E-state index is 10.1. The van der Waals surface area contributed by atoms with Crippen LogP contribution in [0.5, 0.6) is 0 Å². The molecule has 0 bridgehead atoms. The Kier molecular flexibility index (Phi) is 4.32. The molecule has 0 heterocycles. The predicted molar refractivity (Wildman–Crippen MR) is 81.2 cm³/mol. The highest BCUT2D eigenvalue weighted by Crippen LogP contribution is 2.44. The minimum atomic E-state index is -0.0831. The Morgan fingerprint density at radius 1 is 1.21 bits per heavy atom. The predicted octanol–water partition coefficient (Wildman–Crippen LogP) is 3.68. The highest BCUT2D eigenvalue weighted by molar-refractivity contribution is 4.94. The molecule has 0 aromatic carbocycles. The zero-order chi connectivity index (χ0) is 14.3. The second kappa shape index (κ2) is 5.37. The summed E-state index contributed by atoms with van der Waals surface area (Å²) in [6.45, 7) is 10.7. The molecule has 0 aromatic heterocycles. The van der Waals surface area contributed by atoms with E-state index in [9.17, 15) is 5.11 Å². The molecule has 0 saturated heterocycles. The normalized spacial score (nSPS) is 35.2. The van der Waals surface area contributed by atoms with Crippen molar-refractivity contribution in [1.82, 2.24) is 4.90 Å². The van der Waals surface area contributed by atoms with Crippen molar-refractivity contribution in [2.45, 2.75) is 78.4 Å². The van der Waals surface area contributed by atoms with E-state index in [2.05, 4.69) is 39.6 Å². The third kappa shape index (κ3) is 3.52. The molecule has 2 nitrogen and oxygen atoms in total. The van der Waals surface area contributed by atoms with Gasteiger partial charge in [0.2, 0.25) is 0 Å². The molecule has 2 aliphatic carbocycles. The topological polar surface area (TPSA) is 23.5 Å². The largest absolute Gasteiger partial charge is 0.393 e. The van der Waals surface area contributed by atoms with Crippen molar-refractivity contribution in [1.29, 1.82) is 0 Å². The Labute approximate surface area is 119 Å². The molecule has 2 rings (SSSR count). The van der Waals surface area contributed by atoms with E-state index in [0.29, 0.717) is 22.8 Å². The van der Waals surface area contributed by atoms with Gasteiger partial charge in [0.25, 0.3) is 0 Å². The second-order valence-electron chi connectivity index (χ2n) is 8.59. The Morgan fingerprint density at radius 2 is 1.84 bits per heavy atom. The van der Waals surface area contributed by atoms with Crippen molar-refractivity contribution < 1.29 is 5.11 Å². The lowest BCUT2D eigenvalue weighted by atomic mass is 9.66. The minimum absolute atomic E-state index is 0.0831. The maximum atomic E-state index is 10.1. The van der Waals surface area contributed by atoms with Crippen molar-refractivity contribution in [2.24, 2.45) is 16.7 Å². The molecule has 3 atom stereocenters. The monoisotopic (exact) mass is 267 g/mol. The van der Waals surface area contributed by atoms with Gasteiger partial charge >= 0.3 is 0 Å². The first-order chi connectivity index (χ1) is 8.71. The van der Waals surface area contributed by atoms with E-state index in [1.807, 2.05) is 0 Å². The van der Waals surface area contributed by atoms with Gasteiger partial charge in [0.1, 0.15) is 0 Å². The molecule has 0 radical (unpaired) electrons. The van der Waals surface area contributed by atoms with Crippen molar-refractivity contribution in [3.8, 4) is 0 Å². The first-order valence-electron chi connectivity index (χ1n) is 8.10. The van der Waals surface area contributed by atoms with Gasteiger partial charge < -0.3 is 10.0 Å². The zero-order valence-electron chi connectivity index (χ0n) is 13.6. The third-order valence-electron chi connectivity index (χ3n) is 5.66. The smallest absolute Gasteiger partial charge is 0.0555 e. The van der Waals surface area contributed by atoms with Gasteiger partial charge in [-0.2, -0.15) is 0 Å². The molecule has 0 spiro atoms.